The van der Waals surface area contributed by atoms with E-state index >= 15 is 0 Å². The summed E-state index contributed by atoms with van der Waals surface area (Å²) in [6.45, 7) is 7.68. The number of nitrogens with two attached hydrogens (primary N) is 1. The summed E-state index contributed by atoms with van der Waals surface area (Å²) in [5, 5.41) is 7.83. The third-order valence-electron chi connectivity index (χ3n) is 10.7. The Morgan fingerprint density at radius 2 is 1.71 bits per heavy atom. The van der Waals surface area contributed by atoms with Gasteiger partial charge in [-0.3, -0.25) is 4.79 Å². The van der Waals surface area contributed by atoms with Crippen LogP contribution in [0.1, 0.15) is 73.4 Å². The van der Waals surface area contributed by atoms with Crippen molar-refractivity contribution in [2.75, 3.05) is 30.3 Å². The number of hydrogen-bond acceptors (Lipinski definition) is 9. The summed E-state index contributed by atoms with van der Waals surface area (Å²) in [6.07, 6.45) is 0.790. The van der Waals surface area contributed by atoms with Crippen LogP contribution in [-0.2, 0) is 9.53 Å². The van der Waals surface area contributed by atoms with E-state index in [0.717, 1.165) is 60.8 Å². The molecule has 1 unspecified atom stereocenters. The van der Waals surface area contributed by atoms with E-state index in [2.05, 4.69) is 20.4 Å². The lowest BCUT2D eigenvalue weighted by Crippen LogP contribution is -2.41. The predicted octanol–water partition coefficient (Wildman–Crippen LogP) is 6.95. The Bertz CT molecular complexity index is 1900. The third kappa shape index (κ3) is 7.53. The molecular weight excluding hydrogens is 659 g/mol. The van der Waals surface area contributed by atoms with Crippen molar-refractivity contribution in [1.82, 2.24) is 25.1 Å². The molecule has 0 bridgehead atoms. The zero-order valence-corrected chi connectivity index (χ0v) is 29.2. The molecule has 10 nitrogen and oxygen atoms in total. The van der Waals surface area contributed by atoms with Crippen LogP contribution in [-0.4, -0.2) is 63.7 Å². The Morgan fingerprint density at radius 1 is 0.980 bits per heavy atom. The minimum atomic E-state index is -4.80. The van der Waals surface area contributed by atoms with Crippen molar-refractivity contribution in [3.8, 4) is 22.7 Å². The number of carbonyl (C=O) groups excluding carboxylic acids is 1. The molecule has 1 saturated carbocycles. The first-order valence-electron chi connectivity index (χ1n) is 17.7. The summed E-state index contributed by atoms with van der Waals surface area (Å²) < 4.78 is 57.8. The summed E-state index contributed by atoms with van der Waals surface area (Å²) in [7, 11) is 0. The molecule has 3 fully saturated rings. The van der Waals surface area contributed by atoms with Gasteiger partial charge in [0.15, 0.2) is 0 Å². The molecule has 2 aliphatic heterocycles. The lowest BCUT2D eigenvalue weighted by atomic mass is 9.76. The second kappa shape index (κ2) is 13.8. The first-order valence-corrected chi connectivity index (χ1v) is 17.7. The molecule has 270 valence electrons. The lowest BCUT2D eigenvalue weighted by Gasteiger charge is -2.39. The molecule has 0 amide bonds. The van der Waals surface area contributed by atoms with E-state index < -0.39 is 12.3 Å². The molecule has 2 aromatic carbocycles. The van der Waals surface area contributed by atoms with Crippen LogP contribution in [0.4, 0.5) is 24.9 Å². The Balaban J connectivity index is 1.11. The smallest absolute Gasteiger partial charge is 0.429 e. The summed E-state index contributed by atoms with van der Waals surface area (Å²) in [5.74, 6) is -0.242. The largest absolute Gasteiger partial charge is 0.461 e. The highest BCUT2D eigenvalue weighted by molar-refractivity contribution is 5.76. The number of halogens is 3. The van der Waals surface area contributed by atoms with Crippen molar-refractivity contribution in [3.05, 3.63) is 77.1 Å². The molecule has 3 aliphatic rings. The quantitative estimate of drug-likeness (QED) is 0.188. The van der Waals surface area contributed by atoms with Crippen LogP contribution < -0.4 is 20.7 Å². The molecular formula is C38H44F3N7O3. The van der Waals surface area contributed by atoms with Crippen molar-refractivity contribution < 1.29 is 27.4 Å². The van der Waals surface area contributed by atoms with Gasteiger partial charge in [-0.1, -0.05) is 30.3 Å². The molecule has 2 atom stereocenters. The van der Waals surface area contributed by atoms with E-state index in [1.807, 2.05) is 36.9 Å². The highest BCUT2D eigenvalue weighted by atomic mass is 19.4. The Morgan fingerprint density at radius 3 is 2.39 bits per heavy atom. The summed E-state index contributed by atoms with van der Waals surface area (Å²) >= 11 is 0. The number of rotatable bonds is 8. The van der Waals surface area contributed by atoms with Crippen LogP contribution in [0, 0.1) is 26.2 Å². The molecule has 2 aromatic heterocycles. The summed E-state index contributed by atoms with van der Waals surface area (Å²) in [6, 6.07) is 13.6. The number of alkyl halides is 3. The fourth-order valence-electron chi connectivity index (χ4n) is 7.62. The summed E-state index contributed by atoms with van der Waals surface area (Å²) in [4.78, 5) is 23.3. The maximum Gasteiger partial charge on any atom is 0.429 e. The number of nitrogen functional groups attached to an aromatic ring is 1. The molecule has 2 saturated heterocycles. The van der Waals surface area contributed by atoms with Crippen LogP contribution in [0.15, 0.2) is 54.7 Å². The topological polar surface area (TPSA) is 120 Å². The minimum Gasteiger partial charge on any atom is -0.461 e. The van der Waals surface area contributed by atoms with Crippen molar-refractivity contribution in [2.45, 2.75) is 90.1 Å². The number of anilines is 2. The summed E-state index contributed by atoms with van der Waals surface area (Å²) in [5.41, 5.74) is 10.6. The number of piperidine rings is 1. The van der Waals surface area contributed by atoms with Gasteiger partial charge in [0.1, 0.15) is 18.0 Å². The number of carbonyl (C=O) groups is 1. The molecule has 51 heavy (non-hydrogen) atoms. The first-order chi connectivity index (χ1) is 24.4. The SMILES string of the molecule is Cc1ccn(-c2cc(-c3ccc(C)c(C)c3)ccc2C(Oc2cc(N3CCC4(CC3)CN[C@H](C(=O)OC3CCCC3)C4)nc(N)n2)C(F)(F)F)n1. The van der Waals surface area contributed by atoms with Crippen LogP contribution >= 0.6 is 0 Å². The van der Waals surface area contributed by atoms with Gasteiger partial charge >= 0.3 is 12.1 Å². The van der Waals surface area contributed by atoms with Gasteiger partial charge in [-0.25, -0.2) is 4.68 Å². The van der Waals surface area contributed by atoms with E-state index in [9.17, 15) is 18.0 Å². The number of aryl methyl sites for hydroxylation is 3. The van der Waals surface area contributed by atoms with Crippen molar-refractivity contribution >= 4 is 17.7 Å². The molecule has 1 spiro atoms. The molecule has 4 aromatic rings. The average molecular weight is 704 g/mol. The van der Waals surface area contributed by atoms with Crippen LogP contribution in [0.5, 0.6) is 5.88 Å². The van der Waals surface area contributed by atoms with Gasteiger partial charge in [0.05, 0.1) is 11.4 Å². The molecule has 13 heteroatoms. The van der Waals surface area contributed by atoms with Gasteiger partial charge in [0, 0.05) is 37.5 Å². The standard InChI is InChI=1S/C38H44F3N7O3/c1-23-8-9-26(18-24(23)2)27-10-11-29(31(19-27)48-15-12-25(3)46-48)34(38(39,40)41)51-33-20-32(44-36(42)45-33)47-16-13-37(14-17-47)21-30(43-22-37)35(49)50-28-6-4-5-7-28/h8-12,15,18-20,28,30,34,43H,4-7,13-14,16-17,21-22H2,1-3H3,(H2,42,44,45)/t30-,34?/m0/s1. The highest BCUT2D eigenvalue weighted by Crippen LogP contribution is 2.43. The van der Waals surface area contributed by atoms with E-state index in [0.29, 0.717) is 37.6 Å². The van der Waals surface area contributed by atoms with Gasteiger partial charge in [-0.15, -0.1) is 0 Å². The number of nitrogens with one attached hydrogen (secondary N) is 1. The number of hydrogen-bond donors (Lipinski definition) is 2. The van der Waals surface area contributed by atoms with Crippen LogP contribution in [0.2, 0.25) is 0 Å². The Hall–Kier alpha value is -4.65. The third-order valence-corrected chi connectivity index (χ3v) is 10.7. The average Bonchev–Trinajstić information content (AvgIpc) is 3.87. The number of benzene rings is 2. The predicted molar refractivity (Wildman–Crippen MR) is 188 cm³/mol. The van der Waals surface area contributed by atoms with E-state index in [1.165, 1.54) is 16.8 Å². The number of esters is 1. The Labute approximate surface area is 295 Å². The van der Waals surface area contributed by atoms with Gasteiger partial charge in [-0.05, 0) is 106 Å². The van der Waals surface area contributed by atoms with E-state index in [1.54, 1.807) is 31.3 Å². The maximum absolute atomic E-state index is 15.0. The second-order valence-corrected chi connectivity index (χ2v) is 14.4. The van der Waals surface area contributed by atoms with Crippen molar-refractivity contribution in [2.24, 2.45) is 5.41 Å². The van der Waals surface area contributed by atoms with Gasteiger partial charge in [0.2, 0.25) is 17.9 Å². The van der Waals surface area contributed by atoms with Gasteiger partial charge in [0.25, 0.3) is 0 Å². The van der Waals surface area contributed by atoms with Crippen LogP contribution in [0.25, 0.3) is 16.8 Å². The van der Waals surface area contributed by atoms with Crippen LogP contribution in [0.3, 0.4) is 0 Å². The highest BCUT2D eigenvalue weighted by Gasteiger charge is 2.46. The lowest BCUT2D eigenvalue weighted by molar-refractivity contribution is -0.198. The van der Waals surface area contributed by atoms with E-state index in [-0.39, 0.29) is 46.6 Å². The zero-order chi connectivity index (χ0) is 35.9. The maximum atomic E-state index is 15.0. The zero-order valence-electron chi connectivity index (χ0n) is 29.2. The molecule has 7 rings (SSSR count). The fourth-order valence-corrected chi connectivity index (χ4v) is 7.62. The van der Waals surface area contributed by atoms with Crippen molar-refractivity contribution in [3.63, 3.8) is 0 Å². The van der Waals surface area contributed by atoms with E-state index in [4.69, 9.17) is 15.2 Å². The molecule has 0 radical (unpaired) electrons. The molecule has 1 aliphatic carbocycles. The first kappa shape index (κ1) is 34.8. The normalized spacial score (nSPS) is 19.8. The number of ether oxygens (including phenoxy) is 2. The second-order valence-electron chi connectivity index (χ2n) is 14.4. The minimum absolute atomic E-state index is 0.0259. The molecule has 3 N–H and O–H groups in total. The van der Waals surface area contributed by atoms with Gasteiger partial charge < -0.3 is 25.4 Å². The monoisotopic (exact) mass is 703 g/mol. The number of nitrogens with zero attached hydrogens (tertiary/aromatic N) is 5. The Kier molecular flexibility index (Phi) is 9.42. The number of aromatic nitrogens is 4. The fraction of sp³-hybridized carbons (Fsp3) is 0.474. The molecule has 4 heterocycles. The van der Waals surface area contributed by atoms with Gasteiger partial charge in [-0.2, -0.15) is 28.2 Å². The van der Waals surface area contributed by atoms with Crippen molar-refractivity contribution in [1.29, 1.82) is 0 Å².